The summed E-state index contributed by atoms with van der Waals surface area (Å²) >= 11 is 0. The first kappa shape index (κ1) is 17.0. The molecule has 1 fully saturated rings. The van der Waals surface area contributed by atoms with Gasteiger partial charge in [0, 0.05) is 20.0 Å². The van der Waals surface area contributed by atoms with E-state index in [0.29, 0.717) is 13.1 Å². The highest BCUT2D eigenvalue weighted by Gasteiger charge is 2.22. The van der Waals surface area contributed by atoms with Gasteiger partial charge in [-0.05, 0) is 25.8 Å². The summed E-state index contributed by atoms with van der Waals surface area (Å²) in [5, 5.41) is 11.9. The third-order valence-corrected chi connectivity index (χ3v) is 4.23. The molecule has 0 aromatic carbocycles. The van der Waals surface area contributed by atoms with E-state index in [4.69, 9.17) is 5.11 Å². The Kier molecular flexibility index (Phi) is 7.59. The third kappa shape index (κ3) is 6.37. The number of nitrogens with one attached hydrogen (secondary N) is 1. The second-order valence-corrected chi connectivity index (χ2v) is 5.83. The van der Waals surface area contributed by atoms with E-state index in [1.54, 1.807) is 6.92 Å². The van der Waals surface area contributed by atoms with Crippen molar-refractivity contribution in [2.75, 3.05) is 19.6 Å². The Morgan fingerprint density at radius 1 is 1.25 bits per heavy atom. The molecule has 1 rings (SSSR count). The highest BCUT2D eigenvalue weighted by atomic mass is 16.4. The minimum absolute atomic E-state index is 0.0693. The van der Waals surface area contributed by atoms with Gasteiger partial charge in [-0.3, -0.25) is 14.5 Å². The second-order valence-electron chi connectivity index (χ2n) is 5.83. The molecule has 1 atom stereocenters. The van der Waals surface area contributed by atoms with Crippen LogP contribution in [-0.4, -0.2) is 47.6 Å². The molecule has 0 aromatic rings. The average Bonchev–Trinajstić information content (AvgIpc) is 2.42. The normalized spacial score (nSPS) is 17.9. The monoisotopic (exact) mass is 284 g/mol. The fourth-order valence-corrected chi connectivity index (χ4v) is 2.86. The standard InChI is InChI=1S/C15H28N2O3/c1-12(15(19)20)17(11-9-16-13(2)18)10-8-14-6-4-3-5-7-14/h12,14H,3-11H2,1-2H3,(H,16,18)(H,19,20). The molecule has 0 bridgehead atoms. The average molecular weight is 284 g/mol. The van der Waals surface area contributed by atoms with E-state index in [0.717, 1.165) is 18.9 Å². The number of carbonyl (C=O) groups is 2. The molecule has 116 valence electrons. The largest absolute Gasteiger partial charge is 0.480 e. The molecule has 5 heteroatoms. The molecule has 1 aliphatic rings. The van der Waals surface area contributed by atoms with Crippen molar-refractivity contribution in [3.05, 3.63) is 0 Å². The molecule has 2 N–H and O–H groups in total. The van der Waals surface area contributed by atoms with Crippen LogP contribution in [0.2, 0.25) is 0 Å². The predicted octanol–water partition coefficient (Wildman–Crippen LogP) is 1.87. The first-order valence-electron chi connectivity index (χ1n) is 7.72. The van der Waals surface area contributed by atoms with Gasteiger partial charge in [0.1, 0.15) is 6.04 Å². The first-order chi connectivity index (χ1) is 9.50. The number of amides is 1. The molecule has 0 aromatic heterocycles. The molecule has 1 amide bonds. The van der Waals surface area contributed by atoms with Gasteiger partial charge in [-0.1, -0.05) is 32.1 Å². The van der Waals surface area contributed by atoms with Gasteiger partial charge >= 0.3 is 5.97 Å². The SMILES string of the molecule is CC(=O)NCCN(CCC1CCCCC1)C(C)C(=O)O. The van der Waals surface area contributed by atoms with E-state index >= 15 is 0 Å². The molecule has 0 saturated heterocycles. The summed E-state index contributed by atoms with van der Waals surface area (Å²) < 4.78 is 0. The highest BCUT2D eigenvalue weighted by molar-refractivity contribution is 5.73. The Hall–Kier alpha value is -1.10. The van der Waals surface area contributed by atoms with Gasteiger partial charge in [-0.2, -0.15) is 0 Å². The minimum Gasteiger partial charge on any atom is -0.480 e. The summed E-state index contributed by atoms with van der Waals surface area (Å²) in [5.41, 5.74) is 0. The molecule has 0 radical (unpaired) electrons. The molecule has 0 heterocycles. The van der Waals surface area contributed by atoms with E-state index in [-0.39, 0.29) is 5.91 Å². The summed E-state index contributed by atoms with van der Waals surface area (Å²) in [6.07, 6.45) is 7.59. The molecule has 5 nitrogen and oxygen atoms in total. The van der Waals surface area contributed by atoms with Gasteiger partial charge in [0.15, 0.2) is 0 Å². The van der Waals surface area contributed by atoms with Gasteiger partial charge in [0.25, 0.3) is 0 Å². The van der Waals surface area contributed by atoms with Crippen molar-refractivity contribution in [3.8, 4) is 0 Å². The van der Waals surface area contributed by atoms with Crippen LogP contribution >= 0.6 is 0 Å². The lowest BCUT2D eigenvalue weighted by molar-refractivity contribution is -0.142. The number of carboxylic acids is 1. The van der Waals surface area contributed by atoms with E-state index in [1.165, 1.54) is 39.0 Å². The van der Waals surface area contributed by atoms with E-state index in [2.05, 4.69) is 5.32 Å². The lowest BCUT2D eigenvalue weighted by atomic mass is 9.87. The molecular formula is C15H28N2O3. The summed E-state index contributed by atoms with van der Waals surface area (Å²) in [5.74, 6) is -0.121. The third-order valence-electron chi connectivity index (χ3n) is 4.23. The van der Waals surface area contributed by atoms with Crippen LogP contribution in [0.15, 0.2) is 0 Å². The molecule has 0 spiro atoms. The summed E-state index contributed by atoms with van der Waals surface area (Å²) in [7, 11) is 0. The van der Waals surface area contributed by atoms with E-state index in [9.17, 15) is 9.59 Å². The fourth-order valence-electron chi connectivity index (χ4n) is 2.86. The summed E-state index contributed by atoms with van der Waals surface area (Å²) in [6.45, 7) is 5.11. The lowest BCUT2D eigenvalue weighted by Crippen LogP contribution is -2.44. The van der Waals surface area contributed by atoms with E-state index < -0.39 is 12.0 Å². The maximum atomic E-state index is 11.2. The van der Waals surface area contributed by atoms with Crippen LogP contribution in [0.5, 0.6) is 0 Å². The number of rotatable bonds is 8. The van der Waals surface area contributed by atoms with Gasteiger partial charge in [0.2, 0.25) is 5.91 Å². The molecule has 1 unspecified atom stereocenters. The Bertz CT molecular complexity index is 314. The maximum absolute atomic E-state index is 11.2. The van der Waals surface area contributed by atoms with Crippen LogP contribution in [-0.2, 0) is 9.59 Å². The Morgan fingerprint density at radius 2 is 1.90 bits per heavy atom. The van der Waals surface area contributed by atoms with Crippen LogP contribution in [0, 0.1) is 5.92 Å². The van der Waals surface area contributed by atoms with Crippen molar-refractivity contribution in [1.82, 2.24) is 10.2 Å². The molecule has 0 aliphatic heterocycles. The zero-order valence-corrected chi connectivity index (χ0v) is 12.7. The highest BCUT2D eigenvalue weighted by Crippen LogP contribution is 2.26. The topological polar surface area (TPSA) is 69.6 Å². The molecule has 20 heavy (non-hydrogen) atoms. The Morgan fingerprint density at radius 3 is 2.45 bits per heavy atom. The zero-order valence-electron chi connectivity index (χ0n) is 12.7. The Balaban J connectivity index is 2.39. The quantitative estimate of drug-likeness (QED) is 0.714. The number of aliphatic carboxylic acids is 1. The summed E-state index contributed by atoms with van der Waals surface area (Å²) in [4.78, 5) is 24.0. The van der Waals surface area contributed by atoms with Gasteiger partial charge in [-0.25, -0.2) is 0 Å². The lowest BCUT2D eigenvalue weighted by Gasteiger charge is -2.29. The van der Waals surface area contributed by atoms with Crippen molar-refractivity contribution in [1.29, 1.82) is 0 Å². The maximum Gasteiger partial charge on any atom is 0.320 e. The fraction of sp³-hybridized carbons (Fsp3) is 0.867. The smallest absolute Gasteiger partial charge is 0.320 e. The van der Waals surface area contributed by atoms with Crippen LogP contribution in [0.1, 0.15) is 52.4 Å². The molecular weight excluding hydrogens is 256 g/mol. The van der Waals surface area contributed by atoms with Gasteiger partial charge < -0.3 is 10.4 Å². The predicted molar refractivity (Wildman–Crippen MR) is 78.5 cm³/mol. The molecule has 1 saturated carbocycles. The Labute approximate surface area is 121 Å². The zero-order chi connectivity index (χ0) is 15.0. The second kappa shape index (κ2) is 8.95. The van der Waals surface area contributed by atoms with E-state index in [1.807, 2.05) is 4.90 Å². The van der Waals surface area contributed by atoms with Crippen molar-refractivity contribution < 1.29 is 14.7 Å². The van der Waals surface area contributed by atoms with Gasteiger partial charge in [-0.15, -0.1) is 0 Å². The molecule has 1 aliphatic carbocycles. The first-order valence-corrected chi connectivity index (χ1v) is 7.72. The number of hydrogen-bond donors (Lipinski definition) is 2. The van der Waals surface area contributed by atoms with Crippen molar-refractivity contribution >= 4 is 11.9 Å². The number of hydrogen-bond acceptors (Lipinski definition) is 3. The number of carbonyl (C=O) groups excluding carboxylic acids is 1. The van der Waals surface area contributed by atoms with Gasteiger partial charge in [0.05, 0.1) is 0 Å². The number of nitrogens with zero attached hydrogens (tertiary/aromatic N) is 1. The van der Waals surface area contributed by atoms with Crippen LogP contribution in [0.3, 0.4) is 0 Å². The van der Waals surface area contributed by atoms with Crippen molar-refractivity contribution in [2.24, 2.45) is 5.92 Å². The van der Waals surface area contributed by atoms with Crippen LogP contribution < -0.4 is 5.32 Å². The summed E-state index contributed by atoms with van der Waals surface area (Å²) in [6, 6.07) is -0.493. The van der Waals surface area contributed by atoms with Crippen LogP contribution in [0.4, 0.5) is 0 Å². The minimum atomic E-state index is -0.795. The van der Waals surface area contributed by atoms with Crippen LogP contribution in [0.25, 0.3) is 0 Å². The van der Waals surface area contributed by atoms with Crippen molar-refractivity contribution in [2.45, 2.75) is 58.4 Å². The van der Waals surface area contributed by atoms with Crippen molar-refractivity contribution in [3.63, 3.8) is 0 Å². The number of carboxylic acid groups (broad SMARTS) is 1.